The fraction of sp³-hybridized carbons (Fsp3) is 0.600. The number of rotatable bonds is 6. The molecule has 0 bridgehead atoms. The van der Waals surface area contributed by atoms with E-state index in [1.54, 1.807) is 0 Å². The van der Waals surface area contributed by atoms with Crippen LogP contribution in [0.1, 0.15) is 24.9 Å². The van der Waals surface area contributed by atoms with Crippen LogP contribution in [0.3, 0.4) is 0 Å². The standard InChI is InChI=1S/C15H24N2O2/c1-12(9-14-11-19-8-7-16-14)17-15(10-18)13-5-3-2-4-6-13/h2-6,12,14-18H,7-11H2,1H3/t12?,14?,15-/m1/s1. The molecule has 4 nitrogen and oxygen atoms in total. The van der Waals surface area contributed by atoms with E-state index in [1.807, 2.05) is 30.3 Å². The van der Waals surface area contributed by atoms with Crippen LogP contribution in [-0.4, -0.2) is 43.6 Å². The third-order valence-corrected chi connectivity index (χ3v) is 3.51. The molecule has 0 spiro atoms. The van der Waals surface area contributed by atoms with Gasteiger partial charge in [-0.05, 0) is 18.9 Å². The molecule has 1 heterocycles. The Morgan fingerprint density at radius 2 is 2.21 bits per heavy atom. The first-order valence-corrected chi connectivity index (χ1v) is 7.02. The predicted molar refractivity (Wildman–Crippen MR) is 76.1 cm³/mol. The van der Waals surface area contributed by atoms with Crippen LogP contribution in [0.15, 0.2) is 30.3 Å². The van der Waals surface area contributed by atoms with Gasteiger partial charge in [-0.2, -0.15) is 0 Å². The largest absolute Gasteiger partial charge is 0.394 e. The van der Waals surface area contributed by atoms with Crippen molar-refractivity contribution in [3.8, 4) is 0 Å². The average molecular weight is 264 g/mol. The molecule has 0 saturated carbocycles. The molecule has 3 atom stereocenters. The second kappa shape index (κ2) is 7.60. The Morgan fingerprint density at radius 3 is 2.84 bits per heavy atom. The first kappa shape index (κ1) is 14.5. The van der Waals surface area contributed by atoms with Crippen molar-refractivity contribution >= 4 is 0 Å². The van der Waals surface area contributed by atoms with Crippen molar-refractivity contribution in [3.05, 3.63) is 35.9 Å². The summed E-state index contributed by atoms with van der Waals surface area (Å²) in [6, 6.07) is 10.8. The summed E-state index contributed by atoms with van der Waals surface area (Å²) in [5.41, 5.74) is 1.13. The fourth-order valence-corrected chi connectivity index (χ4v) is 2.55. The first-order valence-electron chi connectivity index (χ1n) is 7.02. The van der Waals surface area contributed by atoms with Crippen LogP contribution in [0.2, 0.25) is 0 Å². The Balaban J connectivity index is 1.84. The van der Waals surface area contributed by atoms with E-state index in [-0.39, 0.29) is 12.6 Å². The summed E-state index contributed by atoms with van der Waals surface area (Å²) in [5.74, 6) is 0. The number of aliphatic hydroxyl groups excluding tert-OH is 1. The summed E-state index contributed by atoms with van der Waals surface area (Å²) < 4.78 is 5.46. The van der Waals surface area contributed by atoms with Crippen LogP contribution < -0.4 is 10.6 Å². The number of ether oxygens (including phenoxy) is 1. The van der Waals surface area contributed by atoms with Crippen molar-refractivity contribution in [2.24, 2.45) is 0 Å². The van der Waals surface area contributed by atoms with E-state index in [4.69, 9.17) is 4.74 Å². The Hall–Kier alpha value is -0.940. The van der Waals surface area contributed by atoms with Crippen molar-refractivity contribution < 1.29 is 9.84 Å². The minimum atomic E-state index is 0.000656. The van der Waals surface area contributed by atoms with Gasteiger partial charge in [-0.1, -0.05) is 30.3 Å². The molecule has 1 aliphatic rings. The Morgan fingerprint density at radius 1 is 1.42 bits per heavy atom. The fourth-order valence-electron chi connectivity index (χ4n) is 2.55. The van der Waals surface area contributed by atoms with Crippen LogP contribution >= 0.6 is 0 Å². The molecule has 0 aromatic heterocycles. The van der Waals surface area contributed by atoms with Gasteiger partial charge in [0.15, 0.2) is 0 Å². The highest BCUT2D eigenvalue weighted by molar-refractivity contribution is 5.19. The lowest BCUT2D eigenvalue weighted by atomic mass is 10.0. The van der Waals surface area contributed by atoms with Crippen molar-refractivity contribution in [2.75, 3.05) is 26.4 Å². The van der Waals surface area contributed by atoms with Gasteiger partial charge in [0.2, 0.25) is 0 Å². The summed E-state index contributed by atoms with van der Waals surface area (Å²) >= 11 is 0. The molecule has 2 rings (SSSR count). The van der Waals surface area contributed by atoms with Crippen molar-refractivity contribution in [1.82, 2.24) is 10.6 Å². The lowest BCUT2D eigenvalue weighted by molar-refractivity contribution is 0.0702. The van der Waals surface area contributed by atoms with Gasteiger partial charge in [0.05, 0.1) is 25.9 Å². The van der Waals surface area contributed by atoms with Gasteiger partial charge < -0.3 is 20.5 Å². The minimum absolute atomic E-state index is 0.000656. The van der Waals surface area contributed by atoms with E-state index in [1.165, 1.54) is 0 Å². The second-order valence-corrected chi connectivity index (χ2v) is 5.18. The molecule has 1 fully saturated rings. The van der Waals surface area contributed by atoms with Crippen LogP contribution in [0.5, 0.6) is 0 Å². The van der Waals surface area contributed by atoms with Crippen LogP contribution in [0, 0.1) is 0 Å². The highest BCUT2D eigenvalue weighted by atomic mass is 16.5. The van der Waals surface area contributed by atoms with E-state index in [9.17, 15) is 5.11 Å². The van der Waals surface area contributed by atoms with E-state index in [0.29, 0.717) is 12.1 Å². The van der Waals surface area contributed by atoms with E-state index in [0.717, 1.165) is 31.7 Å². The molecule has 0 radical (unpaired) electrons. The van der Waals surface area contributed by atoms with Crippen LogP contribution in [0.4, 0.5) is 0 Å². The minimum Gasteiger partial charge on any atom is -0.394 e. The molecule has 106 valence electrons. The third-order valence-electron chi connectivity index (χ3n) is 3.51. The number of benzene rings is 1. The van der Waals surface area contributed by atoms with Gasteiger partial charge in [0, 0.05) is 18.6 Å². The molecule has 4 heteroatoms. The maximum absolute atomic E-state index is 9.53. The Bertz CT molecular complexity index is 352. The number of hydrogen-bond donors (Lipinski definition) is 3. The number of hydrogen-bond acceptors (Lipinski definition) is 4. The summed E-state index contributed by atoms with van der Waals surface area (Å²) in [4.78, 5) is 0. The van der Waals surface area contributed by atoms with Crippen molar-refractivity contribution in [3.63, 3.8) is 0 Å². The normalized spacial score (nSPS) is 22.9. The zero-order valence-electron chi connectivity index (χ0n) is 11.5. The molecule has 2 unspecified atom stereocenters. The number of morpholine rings is 1. The first-order chi connectivity index (χ1) is 9.29. The SMILES string of the molecule is CC(CC1COCCN1)N[C@H](CO)c1ccccc1. The second-order valence-electron chi connectivity index (χ2n) is 5.18. The molecular formula is C15H24N2O2. The Kier molecular flexibility index (Phi) is 5.79. The van der Waals surface area contributed by atoms with E-state index in [2.05, 4.69) is 17.6 Å². The molecule has 1 saturated heterocycles. The number of aliphatic hydroxyl groups is 1. The summed E-state index contributed by atoms with van der Waals surface area (Å²) in [5, 5.41) is 16.5. The van der Waals surface area contributed by atoms with Crippen molar-refractivity contribution in [1.29, 1.82) is 0 Å². The quantitative estimate of drug-likeness (QED) is 0.719. The van der Waals surface area contributed by atoms with E-state index < -0.39 is 0 Å². The van der Waals surface area contributed by atoms with Crippen LogP contribution in [-0.2, 0) is 4.74 Å². The van der Waals surface area contributed by atoms with Crippen LogP contribution in [0.25, 0.3) is 0 Å². The average Bonchev–Trinajstić information content (AvgIpc) is 2.47. The maximum Gasteiger partial charge on any atom is 0.0626 e. The summed E-state index contributed by atoms with van der Waals surface area (Å²) in [6.07, 6.45) is 1.00. The highest BCUT2D eigenvalue weighted by Gasteiger charge is 2.19. The topological polar surface area (TPSA) is 53.5 Å². The molecule has 0 amide bonds. The lowest BCUT2D eigenvalue weighted by Gasteiger charge is -2.29. The van der Waals surface area contributed by atoms with Gasteiger partial charge >= 0.3 is 0 Å². The lowest BCUT2D eigenvalue weighted by Crippen LogP contribution is -2.45. The molecule has 19 heavy (non-hydrogen) atoms. The molecule has 3 N–H and O–H groups in total. The predicted octanol–water partition coefficient (Wildman–Crippen LogP) is 1.08. The van der Waals surface area contributed by atoms with Gasteiger partial charge in [0.25, 0.3) is 0 Å². The zero-order valence-corrected chi connectivity index (χ0v) is 11.5. The van der Waals surface area contributed by atoms with Gasteiger partial charge in [-0.3, -0.25) is 0 Å². The van der Waals surface area contributed by atoms with Gasteiger partial charge in [-0.25, -0.2) is 0 Å². The highest BCUT2D eigenvalue weighted by Crippen LogP contribution is 2.14. The maximum atomic E-state index is 9.53. The zero-order chi connectivity index (χ0) is 13.5. The summed E-state index contributed by atoms with van der Waals surface area (Å²) in [6.45, 7) is 4.78. The Labute approximate surface area is 115 Å². The smallest absolute Gasteiger partial charge is 0.0626 e. The van der Waals surface area contributed by atoms with Crippen molar-refractivity contribution in [2.45, 2.75) is 31.5 Å². The monoisotopic (exact) mass is 264 g/mol. The number of nitrogens with one attached hydrogen (secondary N) is 2. The van der Waals surface area contributed by atoms with Gasteiger partial charge in [-0.15, -0.1) is 0 Å². The van der Waals surface area contributed by atoms with Gasteiger partial charge in [0.1, 0.15) is 0 Å². The molecule has 1 aromatic rings. The molecule has 1 aliphatic heterocycles. The molecule has 0 aliphatic carbocycles. The molecule has 1 aromatic carbocycles. The molecular weight excluding hydrogens is 240 g/mol. The van der Waals surface area contributed by atoms with E-state index >= 15 is 0 Å². The summed E-state index contributed by atoms with van der Waals surface area (Å²) in [7, 11) is 0. The third kappa shape index (κ3) is 4.58.